The van der Waals surface area contributed by atoms with Crippen molar-refractivity contribution in [3.8, 4) is 11.5 Å². The number of fused-ring (bicyclic) bond motifs is 1. The molecule has 0 saturated carbocycles. The number of benzene rings is 1. The molecule has 146 valence electrons. The summed E-state index contributed by atoms with van der Waals surface area (Å²) in [6, 6.07) is 4.38. The Balaban J connectivity index is 1.66. The maximum Gasteiger partial charge on any atom is 0.260 e. The van der Waals surface area contributed by atoms with E-state index in [2.05, 4.69) is 34.5 Å². The highest BCUT2D eigenvalue weighted by Crippen LogP contribution is 2.35. The molecule has 0 atom stereocenters. The molecule has 1 aromatic carbocycles. The second-order valence-corrected chi connectivity index (χ2v) is 7.34. The summed E-state index contributed by atoms with van der Waals surface area (Å²) in [4.78, 5) is 14.8. The van der Waals surface area contributed by atoms with Gasteiger partial charge < -0.3 is 20.4 Å². The van der Waals surface area contributed by atoms with Crippen LogP contribution < -0.4 is 5.32 Å². The molecule has 4 N–H and O–H groups in total. The summed E-state index contributed by atoms with van der Waals surface area (Å²) in [7, 11) is 0. The first kappa shape index (κ1) is 17.9. The van der Waals surface area contributed by atoms with E-state index in [1.807, 2.05) is 0 Å². The van der Waals surface area contributed by atoms with Crippen molar-refractivity contribution in [2.24, 2.45) is 5.92 Å². The van der Waals surface area contributed by atoms with Crippen molar-refractivity contribution in [3.63, 3.8) is 0 Å². The minimum absolute atomic E-state index is 0.105. The van der Waals surface area contributed by atoms with Crippen molar-refractivity contribution in [2.45, 2.75) is 33.5 Å². The lowest BCUT2D eigenvalue weighted by Crippen LogP contribution is -2.26. The van der Waals surface area contributed by atoms with Crippen LogP contribution in [-0.2, 0) is 19.6 Å². The zero-order valence-corrected chi connectivity index (χ0v) is 15.7. The van der Waals surface area contributed by atoms with E-state index < -0.39 is 0 Å². The molecule has 0 fully saturated rings. The molecular weight excluding hydrogens is 360 g/mol. The summed E-state index contributed by atoms with van der Waals surface area (Å²) in [5, 5.41) is 34.7. The third kappa shape index (κ3) is 3.26. The molecule has 9 heteroatoms. The fourth-order valence-corrected chi connectivity index (χ4v) is 3.37. The van der Waals surface area contributed by atoms with Crippen LogP contribution in [0.3, 0.4) is 0 Å². The minimum atomic E-state index is -0.334. The van der Waals surface area contributed by atoms with Gasteiger partial charge in [-0.3, -0.25) is 9.89 Å². The molecule has 28 heavy (non-hydrogen) atoms. The van der Waals surface area contributed by atoms with Gasteiger partial charge in [0.05, 0.1) is 30.3 Å². The average molecular weight is 382 g/mol. The highest BCUT2D eigenvalue weighted by atomic mass is 16.3. The molecule has 0 spiro atoms. The first-order chi connectivity index (χ1) is 13.4. The molecule has 0 unspecified atom stereocenters. The van der Waals surface area contributed by atoms with E-state index in [0.717, 1.165) is 11.3 Å². The van der Waals surface area contributed by atoms with E-state index >= 15 is 0 Å². The summed E-state index contributed by atoms with van der Waals surface area (Å²) in [5.74, 6) is 0.299. The van der Waals surface area contributed by atoms with Crippen LogP contribution >= 0.6 is 0 Å². The van der Waals surface area contributed by atoms with Gasteiger partial charge in [0.15, 0.2) is 0 Å². The maximum atomic E-state index is 13.1. The monoisotopic (exact) mass is 382 g/mol. The van der Waals surface area contributed by atoms with Crippen molar-refractivity contribution >= 4 is 17.4 Å². The molecule has 0 aliphatic carbocycles. The van der Waals surface area contributed by atoms with Gasteiger partial charge in [-0.05, 0) is 5.92 Å². The van der Waals surface area contributed by atoms with Crippen molar-refractivity contribution in [1.29, 1.82) is 0 Å². The second-order valence-electron chi connectivity index (χ2n) is 7.34. The Morgan fingerprint density at radius 3 is 2.89 bits per heavy atom. The first-order valence-corrected chi connectivity index (χ1v) is 9.07. The van der Waals surface area contributed by atoms with Gasteiger partial charge in [-0.15, -0.1) is 0 Å². The Hall–Kier alpha value is -3.49. The molecule has 1 aliphatic heterocycles. The van der Waals surface area contributed by atoms with Crippen molar-refractivity contribution in [3.05, 3.63) is 47.4 Å². The SMILES string of the molecule is CC(C)Cn1nccc1Nc1cc(O)cc(O)c1C(=O)N1Cc2cn[nH]c2C1. The molecule has 0 bridgehead atoms. The Morgan fingerprint density at radius 2 is 2.14 bits per heavy atom. The highest BCUT2D eigenvalue weighted by Gasteiger charge is 2.29. The molecule has 1 amide bonds. The first-order valence-electron chi connectivity index (χ1n) is 9.07. The molecule has 0 radical (unpaired) electrons. The Labute approximate surface area is 161 Å². The van der Waals surface area contributed by atoms with Crippen LogP contribution in [-0.4, -0.2) is 41.0 Å². The number of hydrogen-bond acceptors (Lipinski definition) is 6. The van der Waals surface area contributed by atoms with Gasteiger partial charge in [0.1, 0.15) is 22.9 Å². The van der Waals surface area contributed by atoms with Crippen LogP contribution in [0.1, 0.15) is 35.5 Å². The van der Waals surface area contributed by atoms with E-state index in [4.69, 9.17) is 0 Å². The lowest BCUT2D eigenvalue weighted by molar-refractivity contribution is 0.0747. The number of nitrogens with zero attached hydrogens (tertiary/aromatic N) is 4. The quantitative estimate of drug-likeness (QED) is 0.538. The number of aromatic nitrogens is 4. The van der Waals surface area contributed by atoms with Gasteiger partial charge >= 0.3 is 0 Å². The topological polar surface area (TPSA) is 119 Å². The zero-order chi connectivity index (χ0) is 19.8. The van der Waals surface area contributed by atoms with Crippen molar-refractivity contribution in [2.75, 3.05) is 5.32 Å². The summed E-state index contributed by atoms with van der Waals surface area (Å²) in [6.07, 6.45) is 3.36. The molecule has 9 nitrogen and oxygen atoms in total. The number of amides is 1. The van der Waals surface area contributed by atoms with E-state index in [1.54, 1.807) is 28.0 Å². The second kappa shape index (κ2) is 6.91. The third-order valence-electron chi connectivity index (χ3n) is 4.64. The summed E-state index contributed by atoms with van der Waals surface area (Å²) < 4.78 is 1.78. The van der Waals surface area contributed by atoms with Crippen LogP contribution in [0.15, 0.2) is 30.6 Å². The summed E-state index contributed by atoms with van der Waals surface area (Å²) >= 11 is 0. The molecule has 3 aromatic rings. The molecular formula is C19H22N6O3. The third-order valence-corrected chi connectivity index (χ3v) is 4.64. The molecule has 4 rings (SSSR count). The van der Waals surface area contributed by atoms with Gasteiger partial charge in [-0.1, -0.05) is 13.8 Å². The average Bonchev–Trinajstić information content (AvgIpc) is 3.30. The minimum Gasteiger partial charge on any atom is -0.508 e. The fourth-order valence-electron chi connectivity index (χ4n) is 3.37. The lowest BCUT2D eigenvalue weighted by Gasteiger charge is -2.20. The number of carbonyl (C=O) groups excluding carboxylic acids is 1. The Bertz CT molecular complexity index is 1000. The Morgan fingerprint density at radius 1 is 1.32 bits per heavy atom. The fraction of sp³-hybridized carbons (Fsp3) is 0.316. The van der Waals surface area contributed by atoms with Crippen LogP contribution in [0.4, 0.5) is 11.5 Å². The van der Waals surface area contributed by atoms with Crippen molar-refractivity contribution in [1.82, 2.24) is 24.9 Å². The van der Waals surface area contributed by atoms with E-state index in [9.17, 15) is 15.0 Å². The molecule has 2 aromatic heterocycles. The number of hydrogen-bond donors (Lipinski definition) is 4. The predicted octanol–water partition coefficient (Wildman–Crippen LogP) is 2.57. The number of phenols is 2. The van der Waals surface area contributed by atoms with Crippen molar-refractivity contribution < 1.29 is 15.0 Å². The van der Waals surface area contributed by atoms with Crippen LogP contribution in [0.5, 0.6) is 11.5 Å². The number of H-pyrrole nitrogens is 1. The van der Waals surface area contributed by atoms with Gasteiger partial charge in [0.25, 0.3) is 5.91 Å². The number of aromatic amines is 1. The number of nitrogens with one attached hydrogen (secondary N) is 2. The largest absolute Gasteiger partial charge is 0.508 e. The summed E-state index contributed by atoms with van der Waals surface area (Å²) in [5.41, 5.74) is 2.27. The molecule has 1 aliphatic rings. The van der Waals surface area contributed by atoms with E-state index in [1.165, 1.54) is 12.1 Å². The number of carbonyl (C=O) groups is 1. The smallest absolute Gasteiger partial charge is 0.260 e. The summed E-state index contributed by atoms with van der Waals surface area (Å²) in [6.45, 7) is 5.65. The zero-order valence-electron chi connectivity index (χ0n) is 15.7. The van der Waals surface area contributed by atoms with Crippen LogP contribution in [0.2, 0.25) is 0 Å². The van der Waals surface area contributed by atoms with Gasteiger partial charge in [-0.25, -0.2) is 4.68 Å². The molecule has 3 heterocycles. The van der Waals surface area contributed by atoms with Crippen LogP contribution in [0, 0.1) is 5.92 Å². The standard InChI is InChI=1S/C19H22N6O3/c1-11(2)8-25-17(3-4-21-25)22-14-5-13(26)6-16(27)18(14)19(28)24-9-12-7-20-23-15(12)10-24/h3-7,11,22,26-27H,8-10H2,1-2H3,(H,20,23). The number of phenolic OH excluding ortho intramolecular Hbond substituents is 2. The number of aromatic hydroxyl groups is 2. The van der Waals surface area contributed by atoms with Gasteiger partial charge in [-0.2, -0.15) is 10.2 Å². The predicted molar refractivity (Wildman–Crippen MR) is 102 cm³/mol. The highest BCUT2D eigenvalue weighted by molar-refractivity contribution is 6.03. The van der Waals surface area contributed by atoms with Gasteiger partial charge in [0, 0.05) is 36.9 Å². The number of anilines is 2. The number of rotatable bonds is 5. The van der Waals surface area contributed by atoms with E-state index in [0.29, 0.717) is 37.1 Å². The Kier molecular flexibility index (Phi) is 4.42. The van der Waals surface area contributed by atoms with E-state index in [-0.39, 0.29) is 23.0 Å². The van der Waals surface area contributed by atoms with Gasteiger partial charge in [0.2, 0.25) is 0 Å². The lowest BCUT2D eigenvalue weighted by atomic mass is 10.1. The van der Waals surface area contributed by atoms with Crippen LogP contribution in [0.25, 0.3) is 0 Å². The maximum absolute atomic E-state index is 13.1. The molecule has 0 saturated heterocycles. The normalized spacial score (nSPS) is 13.2.